The van der Waals surface area contributed by atoms with Crippen molar-refractivity contribution in [3.05, 3.63) is 0 Å². The zero-order valence-electron chi connectivity index (χ0n) is 9.31. The molecular formula is C6H11Ca3Na3O7. The summed E-state index contributed by atoms with van der Waals surface area (Å²) in [5, 5.41) is 38.9. The van der Waals surface area contributed by atoms with E-state index in [0.717, 1.165) is 0 Å². The summed E-state index contributed by atoms with van der Waals surface area (Å²) in [4.78, 5) is 30.0. The molecule has 0 saturated heterocycles. The molecule has 86 valence electrons. The Bertz CT molecular complexity index is 250. The second-order valence-electron chi connectivity index (χ2n) is 2.42. The van der Waals surface area contributed by atoms with Crippen LogP contribution in [0.15, 0.2) is 0 Å². The van der Waals surface area contributed by atoms with Gasteiger partial charge in [0.15, 0.2) is 0 Å². The van der Waals surface area contributed by atoms with Gasteiger partial charge in [-0.3, -0.25) is 0 Å². The van der Waals surface area contributed by atoms with E-state index in [-0.39, 0.29) is 202 Å². The first-order valence-corrected chi connectivity index (χ1v) is 3.11. The van der Waals surface area contributed by atoms with Gasteiger partial charge in [0.2, 0.25) is 0 Å². The summed E-state index contributed by atoms with van der Waals surface area (Å²) < 4.78 is 0. The predicted octanol–water partition coefficient (Wildman–Crippen LogP) is -17.0. The predicted molar refractivity (Wildman–Crippen MR) is 54.8 cm³/mol. The molecule has 7 nitrogen and oxygen atoms in total. The monoisotopic (exact) mass is 384 g/mol. The van der Waals surface area contributed by atoms with Crippen LogP contribution in [0.25, 0.3) is 0 Å². The molecule has 0 aliphatic rings. The molecule has 0 unspecified atom stereocenters. The van der Waals surface area contributed by atoms with Crippen LogP contribution in [0.4, 0.5) is 0 Å². The van der Waals surface area contributed by atoms with Crippen LogP contribution in [0.3, 0.4) is 0 Å². The number of aliphatic hydroxyl groups is 1. The minimum atomic E-state index is -2.97. The molecule has 0 radical (unpaired) electrons. The zero-order chi connectivity index (χ0) is 10.6. The van der Waals surface area contributed by atoms with Crippen LogP contribution in [-0.2, 0) is 14.4 Å². The van der Waals surface area contributed by atoms with E-state index in [0.29, 0.717) is 0 Å². The number of carbonyl (C=O) groups is 3. The minimum absolute atomic E-state index is 0. The van der Waals surface area contributed by atoms with Crippen LogP contribution < -0.4 is 104 Å². The Morgan fingerprint density at radius 2 is 1.00 bits per heavy atom. The topological polar surface area (TPSA) is 141 Å². The summed E-state index contributed by atoms with van der Waals surface area (Å²) in [5.74, 6) is -5.98. The van der Waals surface area contributed by atoms with Crippen LogP contribution in [0, 0.1) is 0 Å². The molecular weight excluding hydrogens is 373 g/mol. The smallest absolute Gasteiger partial charge is 1.00 e. The number of hydrogen-bond acceptors (Lipinski definition) is 7. The third-order valence-electron chi connectivity index (χ3n) is 1.25. The quantitative estimate of drug-likeness (QED) is 0.464. The van der Waals surface area contributed by atoms with Crippen LogP contribution in [0.1, 0.15) is 12.8 Å². The SMILES string of the molecule is O=C([O-])CC(O)(CC(=O)[O-])C(=O)[O-].[CaH2].[CaH2].[CaH2].[Na+].[Na+].[Na+]. The Morgan fingerprint density at radius 3 is 1.11 bits per heavy atom. The molecule has 0 amide bonds. The maximum Gasteiger partial charge on any atom is 1.00 e. The maximum atomic E-state index is 10.1. The zero-order valence-corrected chi connectivity index (χ0v) is 15.3. The molecule has 0 spiro atoms. The van der Waals surface area contributed by atoms with E-state index < -0.39 is 36.4 Å². The van der Waals surface area contributed by atoms with Crippen LogP contribution in [-0.4, -0.2) is 142 Å². The van der Waals surface area contributed by atoms with E-state index in [1.54, 1.807) is 0 Å². The fourth-order valence-corrected chi connectivity index (χ4v) is 0.684. The van der Waals surface area contributed by atoms with Gasteiger partial charge in [-0.05, 0) is 0 Å². The molecule has 0 aromatic heterocycles. The van der Waals surface area contributed by atoms with Gasteiger partial charge in [-0.15, -0.1) is 0 Å². The summed E-state index contributed by atoms with van der Waals surface area (Å²) in [6, 6.07) is 0. The molecule has 0 heterocycles. The third kappa shape index (κ3) is 23.1. The first-order chi connectivity index (χ1) is 5.78. The van der Waals surface area contributed by atoms with Gasteiger partial charge in [-0.2, -0.15) is 0 Å². The second-order valence-corrected chi connectivity index (χ2v) is 2.42. The fraction of sp³-hybridized carbons (Fsp3) is 0.500. The molecule has 0 rings (SSSR count). The standard InChI is InChI=1S/C6H8O7.3Ca.3Na.6H/c7-3(8)1-6(13,5(11)12)2-4(9)10;;;;;;;;;;;;/h13H,1-2H2,(H,7,8)(H,9,10)(H,11,12);;;;;;;;;;;;/q;;;;3*+1;;;;;;/p-3. The summed E-state index contributed by atoms with van der Waals surface area (Å²) in [5.41, 5.74) is -2.97. The Kier molecular flexibility index (Phi) is 53.6. The number of carboxylic acids is 3. The average molecular weight is 384 g/mol. The first kappa shape index (κ1) is 44.0. The second kappa shape index (κ2) is 23.1. The Labute approximate surface area is 266 Å². The van der Waals surface area contributed by atoms with Crippen molar-refractivity contribution in [2.24, 2.45) is 0 Å². The molecule has 0 atom stereocenters. The molecule has 0 saturated carbocycles. The van der Waals surface area contributed by atoms with Gasteiger partial charge in [0.05, 0.1) is 5.97 Å². The minimum Gasteiger partial charge on any atom is 1.00 e. The molecule has 0 aliphatic heterocycles. The summed E-state index contributed by atoms with van der Waals surface area (Å²) in [7, 11) is 0. The molecule has 19 heavy (non-hydrogen) atoms. The van der Waals surface area contributed by atoms with Gasteiger partial charge in [-0.25, -0.2) is 0 Å². The van der Waals surface area contributed by atoms with Crippen LogP contribution in [0.5, 0.6) is 0 Å². The van der Waals surface area contributed by atoms with Crippen molar-refractivity contribution in [3.8, 4) is 0 Å². The molecule has 0 aromatic carbocycles. The van der Waals surface area contributed by atoms with Crippen molar-refractivity contribution in [2.75, 3.05) is 0 Å². The van der Waals surface area contributed by atoms with E-state index >= 15 is 0 Å². The van der Waals surface area contributed by atoms with E-state index in [2.05, 4.69) is 0 Å². The van der Waals surface area contributed by atoms with Crippen molar-refractivity contribution in [1.29, 1.82) is 0 Å². The molecule has 1 N–H and O–H groups in total. The Morgan fingerprint density at radius 1 is 0.789 bits per heavy atom. The van der Waals surface area contributed by atoms with Crippen molar-refractivity contribution in [3.63, 3.8) is 0 Å². The van der Waals surface area contributed by atoms with Crippen molar-refractivity contribution < 1.29 is 123 Å². The largest absolute Gasteiger partial charge is 1.00 e. The third-order valence-corrected chi connectivity index (χ3v) is 1.25. The average Bonchev–Trinajstić information content (AvgIpc) is 1.82. The summed E-state index contributed by atoms with van der Waals surface area (Å²) in [6.45, 7) is 0. The number of hydrogen-bond donors (Lipinski definition) is 1. The van der Waals surface area contributed by atoms with E-state index in [4.69, 9.17) is 5.11 Å². The normalized spacial score (nSPS) is 7.42. The van der Waals surface area contributed by atoms with E-state index in [1.165, 1.54) is 0 Å². The number of rotatable bonds is 5. The van der Waals surface area contributed by atoms with Gasteiger partial charge >= 0.3 is 202 Å². The van der Waals surface area contributed by atoms with Crippen molar-refractivity contribution >= 4 is 131 Å². The van der Waals surface area contributed by atoms with E-state index in [9.17, 15) is 29.7 Å². The summed E-state index contributed by atoms with van der Waals surface area (Å²) in [6.07, 6.45) is -2.72. The molecule has 0 bridgehead atoms. The van der Waals surface area contributed by atoms with Crippen molar-refractivity contribution in [2.45, 2.75) is 18.4 Å². The number of aliphatic carboxylic acids is 3. The number of carbonyl (C=O) groups excluding carboxylic acids is 3. The molecule has 13 heteroatoms. The number of carboxylic acid groups (broad SMARTS) is 3. The Hall–Kier alpha value is 5.15. The molecule has 0 fully saturated rings. The van der Waals surface area contributed by atoms with Crippen LogP contribution >= 0.6 is 0 Å². The molecule has 0 aliphatic carbocycles. The Balaban J connectivity index is -0.0000000480. The van der Waals surface area contributed by atoms with E-state index in [1.807, 2.05) is 0 Å². The summed E-state index contributed by atoms with van der Waals surface area (Å²) >= 11 is 0. The first-order valence-electron chi connectivity index (χ1n) is 3.11. The van der Waals surface area contributed by atoms with Gasteiger partial charge in [0, 0.05) is 24.8 Å². The van der Waals surface area contributed by atoms with Crippen LogP contribution in [0.2, 0.25) is 0 Å². The van der Waals surface area contributed by atoms with Gasteiger partial charge in [0.25, 0.3) is 0 Å². The van der Waals surface area contributed by atoms with Crippen molar-refractivity contribution in [1.82, 2.24) is 0 Å². The molecule has 0 aromatic rings. The fourth-order valence-electron chi connectivity index (χ4n) is 0.684. The van der Waals surface area contributed by atoms with Gasteiger partial charge in [0.1, 0.15) is 5.60 Å². The van der Waals surface area contributed by atoms with Gasteiger partial charge in [-0.1, -0.05) is 0 Å². The van der Waals surface area contributed by atoms with Gasteiger partial charge < -0.3 is 34.8 Å². The maximum absolute atomic E-state index is 10.1.